The smallest absolute Gasteiger partial charge is 0.146 e. The third-order valence-electron chi connectivity index (χ3n) is 3.04. The molecule has 0 aliphatic carbocycles. The van der Waals surface area contributed by atoms with Gasteiger partial charge in [0.25, 0.3) is 0 Å². The lowest BCUT2D eigenvalue weighted by molar-refractivity contribution is 0.415. The van der Waals surface area contributed by atoms with E-state index in [1.54, 1.807) is 13.2 Å². The molecule has 2 aromatic rings. The Hall–Kier alpha value is -2.23. The highest BCUT2D eigenvalue weighted by molar-refractivity contribution is 5.54. The van der Waals surface area contributed by atoms with Crippen molar-refractivity contribution in [2.45, 2.75) is 6.54 Å². The summed E-state index contributed by atoms with van der Waals surface area (Å²) >= 11 is 0. The summed E-state index contributed by atoms with van der Waals surface area (Å²) in [4.78, 5) is 1.99. The maximum Gasteiger partial charge on any atom is 0.146 e. The van der Waals surface area contributed by atoms with E-state index < -0.39 is 0 Å². The molecule has 0 saturated carbocycles. The zero-order chi connectivity index (χ0) is 13.8. The molecular formula is C15H17FN2O. The van der Waals surface area contributed by atoms with Crippen molar-refractivity contribution in [3.05, 3.63) is 53.8 Å². The average Bonchev–Trinajstić information content (AvgIpc) is 2.44. The van der Waals surface area contributed by atoms with E-state index in [0.29, 0.717) is 6.54 Å². The molecule has 0 atom stereocenters. The number of anilines is 2. The van der Waals surface area contributed by atoms with Gasteiger partial charge in [-0.1, -0.05) is 18.2 Å². The lowest BCUT2D eigenvalue weighted by atomic mass is 10.1. The highest BCUT2D eigenvalue weighted by Crippen LogP contribution is 2.23. The largest absolute Gasteiger partial charge is 0.497 e. The number of methoxy groups -OCH3 is 1. The molecule has 0 aliphatic heterocycles. The number of benzene rings is 2. The number of ether oxygens (including phenoxy) is 1. The molecule has 0 bridgehead atoms. The van der Waals surface area contributed by atoms with Gasteiger partial charge in [0.1, 0.15) is 11.6 Å². The second-order valence-corrected chi connectivity index (χ2v) is 4.37. The summed E-state index contributed by atoms with van der Waals surface area (Å²) in [5.41, 5.74) is 7.70. The molecule has 0 radical (unpaired) electrons. The Bertz CT molecular complexity index is 572. The topological polar surface area (TPSA) is 38.5 Å². The molecule has 0 unspecified atom stereocenters. The van der Waals surface area contributed by atoms with Crippen LogP contribution in [0.3, 0.4) is 0 Å². The van der Waals surface area contributed by atoms with Gasteiger partial charge in [0.05, 0.1) is 12.8 Å². The fourth-order valence-electron chi connectivity index (χ4n) is 1.91. The molecular weight excluding hydrogens is 243 g/mol. The predicted molar refractivity (Wildman–Crippen MR) is 75.9 cm³/mol. The van der Waals surface area contributed by atoms with Crippen LogP contribution in [0.5, 0.6) is 5.75 Å². The number of hydrogen-bond acceptors (Lipinski definition) is 3. The highest BCUT2D eigenvalue weighted by atomic mass is 19.1. The van der Waals surface area contributed by atoms with Crippen molar-refractivity contribution >= 4 is 11.4 Å². The minimum absolute atomic E-state index is 0.206. The van der Waals surface area contributed by atoms with E-state index >= 15 is 0 Å². The molecule has 2 aromatic carbocycles. The summed E-state index contributed by atoms with van der Waals surface area (Å²) < 4.78 is 18.6. The van der Waals surface area contributed by atoms with Gasteiger partial charge in [-0.15, -0.1) is 0 Å². The van der Waals surface area contributed by atoms with Crippen LogP contribution in [0.2, 0.25) is 0 Å². The zero-order valence-electron chi connectivity index (χ0n) is 11.1. The van der Waals surface area contributed by atoms with E-state index in [9.17, 15) is 4.39 Å². The molecule has 0 amide bonds. The first kappa shape index (κ1) is 13.2. The maximum atomic E-state index is 13.4. The molecule has 2 N–H and O–H groups in total. The maximum absolute atomic E-state index is 13.4. The standard InChI is InChI=1S/C15H17FN2O/c1-18(12-6-4-7-13(9-12)19-2)10-11-5-3-8-14(16)15(11)17/h3-9H,10,17H2,1-2H3. The van der Waals surface area contributed by atoms with Crippen molar-refractivity contribution in [1.82, 2.24) is 0 Å². The molecule has 100 valence electrons. The molecule has 3 nitrogen and oxygen atoms in total. The molecule has 0 aliphatic rings. The Morgan fingerprint density at radius 3 is 2.68 bits per heavy atom. The first-order valence-electron chi connectivity index (χ1n) is 6.00. The van der Waals surface area contributed by atoms with Gasteiger partial charge in [-0.3, -0.25) is 0 Å². The third kappa shape index (κ3) is 2.96. The van der Waals surface area contributed by atoms with Crippen molar-refractivity contribution in [2.24, 2.45) is 0 Å². The quantitative estimate of drug-likeness (QED) is 0.859. The van der Waals surface area contributed by atoms with E-state index in [0.717, 1.165) is 17.0 Å². The van der Waals surface area contributed by atoms with Crippen LogP contribution in [0.15, 0.2) is 42.5 Å². The Balaban J connectivity index is 2.20. The summed E-state index contributed by atoms with van der Waals surface area (Å²) in [6, 6.07) is 12.6. The van der Waals surface area contributed by atoms with Crippen molar-refractivity contribution in [3.8, 4) is 5.75 Å². The van der Waals surface area contributed by atoms with Gasteiger partial charge in [-0.05, 0) is 23.8 Å². The van der Waals surface area contributed by atoms with Crippen molar-refractivity contribution in [2.75, 3.05) is 24.8 Å². The first-order valence-corrected chi connectivity index (χ1v) is 6.00. The summed E-state index contributed by atoms with van der Waals surface area (Å²) in [5.74, 6) is 0.410. The summed E-state index contributed by atoms with van der Waals surface area (Å²) in [5, 5.41) is 0. The zero-order valence-corrected chi connectivity index (χ0v) is 11.1. The van der Waals surface area contributed by atoms with Crippen molar-refractivity contribution < 1.29 is 9.13 Å². The minimum Gasteiger partial charge on any atom is -0.497 e. The Morgan fingerprint density at radius 1 is 1.21 bits per heavy atom. The van der Waals surface area contributed by atoms with Crippen LogP contribution >= 0.6 is 0 Å². The van der Waals surface area contributed by atoms with Crippen LogP contribution in [0.4, 0.5) is 15.8 Å². The van der Waals surface area contributed by atoms with Crippen LogP contribution in [-0.4, -0.2) is 14.2 Å². The number of nitrogens with two attached hydrogens (primary N) is 1. The average molecular weight is 260 g/mol. The third-order valence-corrected chi connectivity index (χ3v) is 3.04. The monoisotopic (exact) mass is 260 g/mol. The summed E-state index contributed by atoms with van der Waals surface area (Å²) in [6.07, 6.45) is 0. The SMILES string of the molecule is COc1cccc(N(C)Cc2cccc(F)c2N)c1. The fraction of sp³-hybridized carbons (Fsp3) is 0.200. The number of rotatable bonds is 4. The molecule has 19 heavy (non-hydrogen) atoms. The number of halogens is 1. The minimum atomic E-state index is -0.378. The predicted octanol–water partition coefficient (Wildman–Crippen LogP) is 3.05. The van der Waals surface area contributed by atoms with Gasteiger partial charge in [0, 0.05) is 25.3 Å². The summed E-state index contributed by atoms with van der Waals surface area (Å²) in [7, 11) is 3.56. The second-order valence-electron chi connectivity index (χ2n) is 4.37. The van der Waals surface area contributed by atoms with Crippen LogP contribution in [0.1, 0.15) is 5.56 Å². The van der Waals surface area contributed by atoms with E-state index in [4.69, 9.17) is 10.5 Å². The molecule has 0 aromatic heterocycles. The lowest BCUT2D eigenvalue weighted by Gasteiger charge is -2.21. The fourth-order valence-corrected chi connectivity index (χ4v) is 1.91. The molecule has 0 fully saturated rings. The van der Waals surface area contributed by atoms with Gasteiger partial charge in [-0.2, -0.15) is 0 Å². The van der Waals surface area contributed by atoms with Crippen molar-refractivity contribution in [1.29, 1.82) is 0 Å². The van der Waals surface area contributed by atoms with Crippen LogP contribution in [0.25, 0.3) is 0 Å². The highest BCUT2D eigenvalue weighted by Gasteiger charge is 2.08. The van der Waals surface area contributed by atoms with E-state index in [1.807, 2.05) is 42.3 Å². The normalized spacial score (nSPS) is 10.3. The van der Waals surface area contributed by atoms with E-state index in [-0.39, 0.29) is 11.5 Å². The Kier molecular flexibility index (Phi) is 3.90. The van der Waals surface area contributed by atoms with Crippen LogP contribution in [-0.2, 0) is 6.54 Å². The molecule has 4 heteroatoms. The number of para-hydroxylation sites is 1. The number of nitrogen functional groups attached to an aromatic ring is 1. The lowest BCUT2D eigenvalue weighted by Crippen LogP contribution is -2.17. The molecule has 0 heterocycles. The van der Waals surface area contributed by atoms with Gasteiger partial charge >= 0.3 is 0 Å². The Labute approximate surface area is 112 Å². The molecule has 2 rings (SSSR count). The molecule has 0 saturated heterocycles. The van der Waals surface area contributed by atoms with E-state index in [2.05, 4.69) is 0 Å². The van der Waals surface area contributed by atoms with Crippen LogP contribution in [0, 0.1) is 5.82 Å². The van der Waals surface area contributed by atoms with Gasteiger partial charge < -0.3 is 15.4 Å². The number of hydrogen-bond donors (Lipinski definition) is 1. The first-order chi connectivity index (χ1) is 9.11. The van der Waals surface area contributed by atoms with Crippen molar-refractivity contribution in [3.63, 3.8) is 0 Å². The van der Waals surface area contributed by atoms with Gasteiger partial charge in [0.2, 0.25) is 0 Å². The summed E-state index contributed by atoms with van der Waals surface area (Å²) in [6.45, 7) is 0.538. The molecule has 0 spiro atoms. The van der Waals surface area contributed by atoms with Gasteiger partial charge in [0.15, 0.2) is 0 Å². The van der Waals surface area contributed by atoms with Crippen LogP contribution < -0.4 is 15.4 Å². The number of nitrogens with zero attached hydrogens (tertiary/aromatic N) is 1. The Morgan fingerprint density at radius 2 is 1.95 bits per heavy atom. The van der Waals surface area contributed by atoms with Gasteiger partial charge in [-0.25, -0.2) is 4.39 Å². The second kappa shape index (κ2) is 5.61. The van der Waals surface area contributed by atoms with E-state index in [1.165, 1.54) is 6.07 Å².